The van der Waals surface area contributed by atoms with Crippen LogP contribution in [0.15, 0.2) is 24.3 Å². The van der Waals surface area contributed by atoms with Crippen LogP contribution in [0.4, 0.5) is 18.9 Å². The van der Waals surface area contributed by atoms with Gasteiger partial charge in [-0.25, -0.2) is 0 Å². The van der Waals surface area contributed by atoms with E-state index in [0.29, 0.717) is 5.75 Å². The third-order valence-corrected chi connectivity index (χ3v) is 2.60. The van der Waals surface area contributed by atoms with Gasteiger partial charge in [0.1, 0.15) is 17.8 Å². The fraction of sp³-hybridized carbons (Fsp3) is 0.417. The number of rotatable bonds is 5. The van der Waals surface area contributed by atoms with Gasteiger partial charge in [-0.2, -0.15) is 13.2 Å². The zero-order valence-corrected chi connectivity index (χ0v) is 10.9. The molecule has 0 saturated carbocycles. The second-order valence-electron chi connectivity index (χ2n) is 3.94. The Labute approximate surface area is 113 Å². The minimum atomic E-state index is -4.70. The summed E-state index contributed by atoms with van der Waals surface area (Å²) < 4.78 is 47.9. The van der Waals surface area contributed by atoms with Crippen molar-refractivity contribution in [1.29, 1.82) is 0 Å². The molecule has 1 aromatic carbocycles. The van der Waals surface area contributed by atoms with Gasteiger partial charge in [-0.1, -0.05) is 0 Å². The Morgan fingerprint density at radius 3 is 2.20 bits per heavy atom. The van der Waals surface area contributed by atoms with Gasteiger partial charge in [0.25, 0.3) is 0 Å². The number of methoxy groups -OCH3 is 2. The van der Waals surface area contributed by atoms with Crippen molar-refractivity contribution in [1.82, 2.24) is 0 Å². The lowest BCUT2D eigenvalue weighted by atomic mass is 10.1. The largest absolute Gasteiger partial charge is 0.497 e. The average molecular weight is 292 g/mol. The molecule has 0 heterocycles. The van der Waals surface area contributed by atoms with E-state index in [1.807, 2.05) is 0 Å². The Balaban J connectivity index is 2.92. The van der Waals surface area contributed by atoms with Gasteiger partial charge in [0, 0.05) is 5.69 Å². The first-order valence-electron chi connectivity index (χ1n) is 5.60. The molecule has 20 heavy (non-hydrogen) atoms. The molecule has 0 aliphatic carbocycles. The molecule has 0 aliphatic heterocycles. The SMILES string of the molecule is COC(=O)[C@@H](N)[C@H](Nc1ccc(OC)cc1)C(F)(F)F. The molecule has 0 saturated heterocycles. The molecule has 1 rings (SSSR count). The Hall–Kier alpha value is -1.96. The predicted octanol–water partition coefficient (Wildman–Crippen LogP) is 1.54. The smallest absolute Gasteiger partial charge is 0.410 e. The molecule has 5 nitrogen and oxygen atoms in total. The van der Waals surface area contributed by atoms with Crippen LogP contribution in [-0.4, -0.2) is 38.4 Å². The monoisotopic (exact) mass is 292 g/mol. The summed E-state index contributed by atoms with van der Waals surface area (Å²) in [7, 11) is 2.41. The quantitative estimate of drug-likeness (QED) is 0.805. The Morgan fingerprint density at radius 1 is 1.25 bits per heavy atom. The maximum Gasteiger partial charge on any atom is 0.410 e. The lowest BCUT2D eigenvalue weighted by Crippen LogP contribution is -2.54. The Kier molecular flexibility index (Phi) is 5.20. The maximum atomic E-state index is 12.9. The molecule has 0 radical (unpaired) electrons. The van der Waals surface area contributed by atoms with Crippen LogP contribution in [0.3, 0.4) is 0 Å². The van der Waals surface area contributed by atoms with E-state index in [0.717, 1.165) is 7.11 Å². The number of alkyl halides is 3. The van der Waals surface area contributed by atoms with Crippen LogP contribution in [0.25, 0.3) is 0 Å². The first-order valence-corrected chi connectivity index (χ1v) is 5.60. The van der Waals surface area contributed by atoms with Crippen LogP contribution in [0.1, 0.15) is 0 Å². The second kappa shape index (κ2) is 6.47. The number of ether oxygens (including phenoxy) is 2. The second-order valence-corrected chi connectivity index (χ2v) is 3.94. The number of halogens is 3. The highest BCUT2D eigenvalue weighted by atomic mass is 19.4. The number of carbonyl (C=O) groups excluding carboxylic acids is 1. The summed E-state index contributed by atoms with van der Waals surface area (Å²) in [5.74, 6) is -0.648. The third-order valence-electron chi connectivity index (χ3n) is 2.60. The Morgan fingerprint density at radius 2 is 1.80 bits per heavy atom. The van der Waals surface area contributed by atoms with Gasteiger partial charge in [0.05, 0.1) is 14.2 Å². The average Bonchev–Trinajstić information content (AvgIpc) is 2.42. The first kappa shape index (κ1) is 16.1. The highest BCUT2D eigenvalue weighted by Crippen LogP contribution is 2.26. The van der Waals surface area contributed by atoms with Gasteiger partial charge < -0.3 is 20.5 Å². The van der Waals surface area contributed by atoms with E-state index in [-0.39, 0.29) is 5.69 Å². The molecular weight excluding hydrogens is 277 g/mol. The van der Waals surface area contributed by atoms with Crippen molar-refractivity contribution in [3.05, 3.63) is 24.3 Å². The highest BCUT2D eigenvalue weighted by molar-refractivity contribution is 5.77. The fourth-order valence-corrected chi connectivity index (χ4v) is 1.51. The van der Waals surface area contributed by atoms with Crippen LogP contribution in [0, 0.1) is 0 Å². The summed E-state index contributed by atoms with van der Waals surface area (Å²) in [5, 5.41) is 2.18. The van der Waals surface area contributed by atoms with E-state index in [1.165, 1.54) is 31.4 Å². The van der Waals surface area contributed by atoms with Crippen molar-refractivity contribution in [3.8, 4) is 5.75 Å². The number of hydrogen-bond acceptors (Lipinski definition) is 5. The number of benzene rings is 1. The van der Waals surface area contributed by atoms with E-state index in [2.05, 4.69) is 10.1 Å². The van der Waals surface area contributed by atoms with Crippen molar-refractivity contribution in [2.45, 2.75) is 18.3 Å². The van der Waals surface area contributed by atoms with Gasteiger partial charge in [-0.05, 0) is 24.3 Å². The number of anilines is 1. The number of esters is 1. The van der Waals surface area contributed by atoms with Crippen LogP contribution in [0.2, 0.25) is 0 Å². The van der Waals surface area contributed by atoms with Crippen molar-refractivity contribution in [3.63, 3.8) is 0 Å². The van der Waals surface area contributed by atoms with Gasteiger partial charge in [-0.3, -0.25) is 4.79 Å². The van der Waals surface area contributed by atoms with Crippen LogP contribution in [-0.2, 0) is 9.53 Å². The number of carbonyl (C=O) groups is 1. The van der Waals surface area contributed by atoms with E-state index in [1.54, 1.807) is 0 Å². The summed E-state index contributed by atoms with van der Waals surface area (Å²) >= 11 is 0. The van der Waals surface area contributed by atoms with Gasteiger partial charge >= 0.3 is 12.1 Å². The lowest BCUT2D eigenvalue weighted by molar-refractivity contribution is -0.163. The molecule has 0 aromatic heterocycles. The molecule has 0 amide bonds. The third kappa shape index (κ3) is 4.02. The molecule has 0 aliphatic rings. The van der Waals surface area contributed by atoms with Crippen molar-refractivity contribution < 1.29 is 27.4 Å². The van der Waals surface area contributed by atoms with Gasteiger partial charge in [0.15, 0.2) is 0 Å². The molecular formula is C12H15F3N2O3. The molecule has 1 aromatic rings. The van der Waals surface area contributed by atoms with Crippen LogP contribution < -0.4 is 15.8 Å². The molecule has 8 heteroatoms. The lowest BCUT2D eigenvalue weighted by Gasteiger charge is -2.26. The molecule has 0 spiro atoms. The molecule has 112 valence electrons. The minimum absolute atomic E-state index is 0.160. The topological polar surface area (TPSA) is 73.6 Å². The van der Waals surface area contributed by atoms with Crippen molar-refractivity contribution in [2.75, 3.05) is 19.5 Å². The fourth-order valence-electron chi connectivity index (χ4n) is 1.51. The zero-order valence-electron chi connectivity index (χ0n) is 10.9. The summed E-state index contributed by atoms with van der Waals surface area (Å²) in [6.45, 7) is 0. The first-order chi connectivity index (χ1) is 9.29. The summed E-state index contributed by atoms with van der Waals surface area (Å²) in [6, 6.07) is 1.65. The number of nitrogens with one attached hydrogen (secondary N) is 1. The predicted molar refractivity (Wildman–Crippen MR) is 66.5 cm³/mol. The molecule has 0 unspecified atom stereocenters. The molecule has 3 N–H and O–H groups in total. The van der Waals surface area contributed by atoms with Crippen LogP contribution >= 0.6 is 0 Å². The number of nitrogens with two attached hydrogens (primary N) is 1. The zero-order chi connectivity index (χ0) is 15.3. The minimum Gasteiger partial charge on any atom is -0.497 e. The van der Waals surface area contributed by atoms with E-state index in [9.17, 15) is 18.0 Å². The van der Waals surface area contributed by atoms with Gasteiger partial charge in [-0.15, -0.1) is 0 Å². The van der Waals surface area contributed by atoms with E-state index in [4.69, 9.17) is 10.5 Å². The Bertz CT molecular complexity index is 448. The van der Waals surface area contributed by atoms with Crippen LogP contribution in [0.5, 0.6) is 5.75 Å². The number of hydrogen-bond donors (Lipinski definition) is 2. The molecule has 0 bridgehead atoms. The van der Waals surface area contributed by atoms with Gasteiger partial charge in [0.2, 0.25) is 0 Å². The molecule has 2 atom stereocenters. The summed E-state index contributed by atoms with van der Waals surface area (Å²) in [6.07, 6.45) is -4.70. The van der Waals surface area contributed by atoms with E-state index < -0.39 is 24.2 Å². The maximum absolute atomic E-state index is 12.9. The highest BCUT2D eigenvalue weighted by Gasteiger charge is 2.46. The summed E-state index contributed by atoms with van der Waals surface area (Å²) in [5.41, 5.74) is 5.44. The van der Waals surface area contributed by atoms with Crippen molar-refractivity contribution in [2.24, 2.45) is 5.73 Å². The normalized spacial score (nSPS) is 14.3. The van der Waals surface area contributed by atoms with Crippen molar-refractivity contribution >= 4 is 11.7 Å². The standard InChI is InChI=1S/C12H15F3N2O3/c1-19-8-5-3-7(4-6-8)17-10(12(13,14)15)9(16)11(18)20-2/h3-6,9-10,17H,16H2,1-2H3/t9-,10-/m0/s1. The van der Waals surface area contributed by atoms with E-state index >= 15 is 0 Å². The summed E-state index contributed by atoms with van der Waals surface area (Å²) in [4.78, 5) is 11.2. The molecule has 0 fully saturated rings.